The van der Waals surface area contributed by atoms with Gasteiger partial charge in [0, 0.05) is 0 Å². The van der Waals surface area contributed by atoms with Gasteiger partial charge in [-0.1, -0.05) is 6.08 Å². The van der Waals surface area contributed by atoms with Crippen LogP contribution in [0.25, 0.3) is 11.2 Å². The molecule has 0 atom stereocenters. The number of nitrogens with one attached hydrogen (secondary N) is 2. The molecule has 0 aromatic carbocycles. The molecule has 15 heavy (non-hydrogen) atoms. The average molecular weight is 203 g/mol. The summed E-state index contributed by atoms with van der Waals surface area (Å²) in [6.45, 7) is 7.74. The fourth-order valence-corrected chi connectivity index (χ4v) is 1.14. The summed E-state index contributed by atoms with van der Waals surface area (Å²) in [5, 5.41) is 3.16. The van der Waals surface area contributed by atoms with Gasteiger partial charge in [0.2, 0.25) is 5.95 Å². The molecule has 0 bridgehead atoms. The van der Waals surface area contributed by atoms with Crippen LogP contribution in [0.3, 0.4) is 0 Å². The highest BCUT2D eigenvalue weighted by molar-refractivity contribution is 5.69. The summed E-state index contributed by atoms with van der Waals surface area (Å²) in [4.78, 5) is 15.4. The predicted molar refractivity (Wildman–Crippen MR) is 59.6 cm³/mol. The van der Waals surface area contributed by atoms with Crippen LogP contribution < -0.4 is 5.32 Å². The fourth-order valence-electron chi connectivity index (χ4n) is 1.14. The summed E-state index contributed by atoms with van der Waals surface area (Å²) in [5.41, 5.74) is 1.26. The van der Waals surface area contributed by atoms with E-state index in [9.17, 15) is 0 Å². The number of hydrogen-bond acceptors (Lipinski definition) is 4. The number of fused-ring (bicyclic) bond motifs is 1. The summed E-state index contributed by atoms with van der Waals surface area (Å²) in [6.07, 6.45) is 5.09. The smallest absolute Gasteiger partial charge is 0.225 e. The second-order valence-electron chi connectivity index (χ2n) is 3.88. The van der Waals surface area contributed by atoms with Gasteiger partial charge >= 0.3 is 0 Å². The maximum absolute atomic E-state index is 4.28. The van der Waals surface area contributed by atoms with Gasteiger partial charge in [0.15, 0.2) is 5.65 Å². The molecule has 0 saturated carbocycles. The third kappa shape index (κ3) is 1.96. The molecule has 0 spiro atoms. The van der Waals surface area contributed by atoms with E-state index in [0.717, 1.165) is 11.2 Å². The summed E-state index contributed by atoms with van der Waals surface area (Å²) >= 11 is 0. The lowest BCUT2D eigenvalue weighted by molar-refractivity contribution is 0.704. The number of H-pyrrole nitrogens is 1. The van der Waals surface area contributed by atoms with E-state index in [0.29, 0.717) is 5.95 Å². The van der Waals surface area contributed by atoms with E-state index in [4.69, 9.17) is 0 Å². The molecule has 0 aliphatic carbocycles. The summed E-state index contributed by atoms with van der Waals surface area (Å²) in [6, 6.07) is 0. The van der Waals surface area contributed by atoms with Gasteiger partial charge in [-0.25, -0.2) is 9.97 Å². The van der Waals surface area contributed by atoms with Gasteiger partial charge in [-0.3, -0.25) is 0 Å². The Bertz CT molecular complexity index is 485. The van der Waals surface area contributed by atoms with Crippen molar-refractivity contribution in [2.45, 2.75) is 19.4 Å². The van der Waals surface area contributed by atoms with E-state index >= 15 is 0 Å². The van der Waals surface area contributed by atoms with Crippen molar-refractivity contribution in [3.63, 3.8) is 0 Å². The number of anilines is 1. The zero-order chi connectivity index (χ0) is 10.9. The van der Waals surface area contributed by atoms with Crippen molar-refractivity contribution in [3.8, 4) is 0 Å². The van der Waals surface area contributed by atoms with E-state index in [1.54, 1.807) is 12.5 Å². The molecule has 78 valence electrons. The van der Waals surface area contributed by atoms with Gasteiger partial charge in [-0.15, -0.1) is 6.58 Å². The van der Waals surface area contributed by atoms with Gasteiger partial charge in [-0.2, -0.15) is 4.98 Å². The number of hydrogen-bond donors (Lipinski definition) is 2. The molecule has 0 amide bonds. The number of nitrogens with zero attached hydrogens (tertiary/aromatic N) is 3. The normalized spacial score (nSPS) is 11.6. The predicted octanol–water partition coefficient (Wildman–Crippen LogP) is 1.73. The maximum Gasteiger partial charge on any atom is 0.225 e. The zero-order valence-corrected chi connectivity index (χ0v) is 8.78. The van der Waals surface area contributed by atoms with Crippen LogP contribution in [0.1, 0.15) is 13.8 Å². The monoisotopic (exact) mass is 203 g/mol. The Labute approximate surface area is 87.7 Å². The first kappa shape index (κ1) is 9.64. The lowest BCUT2D eigenvalue weighted by Gasteiger charge is -2.21. The van der Waals surface area contributed by atoms with Gasteiger partial charge in [-0.05, 0) is 13.8 Å². The Hall–Kier alpha value is -1.91. The van der Waals surface area contributed by atoms with Crippen LogP contribution in [0, 0.1) is 0 Å². The number of aromatic nitrogens is 4. The molecule has 2 heterocycles. The summed E-state index contributed by atoms with van der Waals surface area (Å²) in [7, 11) is 0. The molecule has 2 aromatic heterocycles. The Morgan fingerprint density at radius 1 is 1.47 bits per heavy atom. The third-order valence-corrected chi connectivity index (χ3v) is 2.12. The largest absolute Gasteiger partial charge is 0.346 e. The minimum absolute atomic E-state index is 0.228. The molecule has 0 fully saturated rings. The first-order chi connectivity index (χ1) is 7.11. The zero-order valence-electron chi connectivity index (χ0n) is 8.78. The molecule has 0 aliphatic rings. The van der Waals surface area contributed by atoms with Crippen molar-refractivity contribution in [3.05, 3.63) is 25.2 Å². The Balaban J connectivity index is 2.32. The molecule has 0 aliphatic heterocycles. The van der Waals surface area contributed by atoms with Crippen LogP contribution in [-0.4, -0.2) is 25.5 Å². The van der Waals surface area contributed by atoms with Crippen LogP contribution in [0.5, 0.6) is 0 Å². The van der Waals surface area contributed by atoms with Gasteiger partial charge < -0.3 is 10.3 Å². The van der Waals surface area contributed by atoms with Crippen LogP contribution in [-0.2, 0) is 0 Å². The lowest BCUT2D eigenvalue weighted by atomic mass is 10.1. The van der Waals surface area contributed by atoms with Crippen LogP contribution in [0.15, 0.2) is 25.2 Å². The van der Waals surface area contributed by atoms with Crippen LogP contribution in [0.2, 0.25) is 0 Å². The lowest BCUT2D eigenvalue weighted by Crippen LogP contribution is -2.28. The Kier molecular flexibility index (Phi) is 2.15. The van der Waals surface area contributed by atoms with E-state index in [-0.39, 0.29) is 5.54 Å². The van der Waals surface area contributed by atoms with Crippen molar-refractivity contribution in [1.82, 2.24) is 19.9 Å². The second kappa shape index (κ2) is 3.34. The molecule has 2 N–H and O–H groups in total. The number of rotatable bonds is 3. The highest BCUT2D eigenvalue weighted by Gasteiger charge is 2.13. The first-order valence-corrected chi connectivity index (χ1v) is 4.69. The highest BCUT2D eigenvalue weighted by Crippen LogP contribution is 2.13. The molecule has 2 aromatic rings. The molecular formula is C10H13N5. The molecule has 2 rings (SSSR count). The molecular weight excluding hydrogens is 190 g/mol. The Morgan fingerprint density at radius 3 is 3.00 bits per heavy atom. The van der Waals surface area contributed by atoms with Crippen molar-refractivity contribution in [2.24, 2.45) is 0 Å². The Morgan fingerprint density at radius 2 is 2.27 bits per heavy atom. The number of imidazole rings is 1. The van der Waals surface area contributed by atoms with E-state index in [2.05, 4.69) is 31.8 Å². The van der Waals surface area contributed by atoms with Crippen molar-refractivity contribution >= 4 is 17.1 Å². The third-order valence-electron chi connectivity index (χ3n) is 2.12. The molecule has 0 unspecified atom stereocenters. The molecule has 0 radical (unpaired) electrons. The minimum Gasteiger partial charge on any atom is -0.346 e. The second-order valence-corrected chi connectivity index (χ2v) is 3.88. The number of aromatic amines is 1. The first-order valence-electron chi connectivity index (χ1n) is 4.69. The standard InChI is InChI=1S/C10H13N5/c1-4-10(2,3)15-9-11-5-7-8(14-9)13-6-12-7/h4-6H,1H2,2-3H3,(H2,11,12,13,14,15). The van der Waals surface area contributed by atoms with Crippen molar-refractivity contribution < 1.29 is 0 Å². The van der Waals surface area contributed by atoms with Crippen molar-refractivity contribution in [2.75, 3.05) is 5.32 Å². The summed E-state index contributed by atoms with van der Waals surface area (Å²) < 4.78 is 0. The highest BCUT2D eigenvalue weighted by atomic mass is 15.2. The van der Waals surface area contributed by atoms with Gasteiger partial charge in [0.25, 0.3) is 0 Å². The molecule has 0 saturated heterocycles. The van der Waals surface area contributed by atoms with Crippen LogP contribution >= 0.6 is 0 Å². The topological polar surface area (TPSA) is 66.5 Å². The molecule has 5 heteroatoms. The van der Waals surface area contributed by atoms with Crippen LogP contribution in [0.4, 0.5) is 5.95 Å². The average Bonchev–Trinajstić information content (AvgIpc) is 2.64. The van der Waals surface area contributed by atoms with Crippen molar-refractivity contribution in [1.29, 1.82) is 0 Å². The van der Waals surface area contributed by atoms with Gasteiger partial charge in [0.05, 0.1) is 18.1 Å². The SMILES string of the molecule is C=CC(C)(C)Nc1ncc2nc[nH]c2n1. The van der Waals surface area contributed by atoms with E-state index < -0.39 is 0 Å². The van der Waals surface area contributed by atoms with E-state index in [1.165, 1.54) is 0 Å². The maximum atomic E-state index is 4.28. The fraction of sp³-hybridized carbons (Fsp3) is 0.300. The molecule has 5 nitrogen and oxygen atoms in total. The minimum atomic E-state index is -0.228. The van der Waals surface area contributed by atoms with Gasteiger partial charge in [0.1, 0.15) is 5.52 Å². The van der Waals surface area contributed by atoms with E-state index in [1.807, 2.05) is 19.9 Å². The summed E-state index contributed by atoms with van der Waals surface area (Å²) in [5.74, 6) is 0.566. The quantitative estimate of drug-likeness (QED) is 0.745.